The number of halogens is 4. The predicted octanol–water partition coefficient (Wildman–Crippen LogP) is 4.06. The van der Waals surface area contributed by atoms with Gasteiger partial charge in [-0.1, -0.05) is 36.4 Å². The van der Waals surface area contributed by atoms with Gasteiger partial charge in [0.15, 0.2) is 23.8 Å². The number of ketones is 1. The van der Waals surface area contributed by atoms with Gasteiger partial charge < -0.3 is 23.6 Å². The Morgan fingerprint density at radius 3 is 2.56 bits per heavy atom. The van der Waals surface area contributed by atoms with Gasteiger partial charge in [-0.25, -0.2) is 22.6 Å². The summed E-state index contributed by atoms with van der Waals surface area (Å²) in [6.07, 6.45) is -12.2. The summed E-state index contributed by atoms with van der Waals surface area (Å²) < 4.78 is 80.7. The third-order valence-electron chi connectivity index (χ3n) is 6.65. The van der Waals surface area contributed by atoms with E-state index in [0.717, 1.165) is 5.39 Å². The van der Waals surface area contributed by atoms with Gasteiger partial charge in [0.1, 0.15) is 17.9 Å². The predicted molar refractivity (Wildman–Crippen MR) is 149 cm³/mol. The van der Waals surface area contributed by atoms with Crippen molar-refractivity contribution in [1.82, 2.24) is 9.99 Å². The highest BCUT2D eigenvalue weighted by molar-refractivity contribution is 8.09. The van der Waals surface area contributed by atoms with Crippen molar-refractivity contribution < 1.29 is 55.6 Å². The fourth-order valence-electron chi connectivity index (χ4n) is 4.46. The minimum Gasteiger partial charge on any atom is -0.462 e. The highest BCUT2D eigenvalue weighted by Gasteiger charge is 2.63. The number of aliphatic hydroxyl groups is 1. The molecule has 2 aromatic rings. The van der Waals surface area contributed by atoms with Crippen LogP contribution in [0.5, 0.6) is 5.75 Å². The van der Waals surface area contributed by atoms with Crippen molar-refractivity contribution in [3.05, 3.63) is 54.5 Å². The number of rotatable bonds is 11. The monoisotopic (exact) mass is 648 g/mol. The zero-order valence-electron chi connectivity index (χ0n) is 23.1. The first kappa shape index (κ1) is 33.0. The Kier molecular flexibility index (Phi) is 9.94. The van der Waals surface area contributed by atoms with Gasteiger partial charge in [-0.3, -0.25) is 19.3 Å². The first-order chi connectivity index (χ1) is 20.2. The first-order valence-corrected chi connectivity index (χ1v) is 15.7. The second kappa shape index (κ2) is 13.0. The highest BCUT2D eigenvalue weighted by Crippen LogP contribution is 2.50. The summed E-state index contributed by atoms with van der Waals surface area (Å²) in [6.45, 7) is -0.767. The number of esters is 1. The lowest BCUT2D eigenvalue weighted by molar-refractivity contribution is -0.193. The van der Waals surface area contributed by atoms with Crippen LogP contribution in [0.1, 0.15) is 27.2 Å². The molecule has 1 amide bonds. The minimum absolute atomic E-state index is 0.163. The highest BCUT2D eigenvalue weighted by atomic mass is 32.5. The van der Waals surface area contributed by atoms with Gasteiger partial charge in [-0.05, 0) is 44.0 Å². The van der Waals surface area contributed by atoms with Gasteiger partial charge in [0.05, 0.1) is 19.1 Å². The van der Waals surface area contributed by atoms with Crippen molar-refractivity contribution >= 4 is 46.9 Å². The van der Waals surface area contributed by atoms with E-state index in [0.29, 0.717) is 16.5 Å². The molecule has 1 fully saturated rings. The van der Waals surface area contributed by atoms with Gasteiger partial charge in [-0.2, -0.15) is 0 Å². The van der Waals surface area contributed by atoms with Gasteiger partial charge in [0.2, 0.25) is 11.7 Å². The summed E-state index contributed by atoms with van der Waals surface area (Å²) in [5, 5.41) is 14.5. The maximum Gasteiger partial charge on any atom is 0.323 e. The fourth-order valence-corrected chi connectivity index (χ4v) is 6.89. The maximum atomic E-state index is 15.5. The lowest BCUT2D eigenvalue weighted by Crippen LogP contribution is -2.51. The van der Waals surface area contributed by atoms with Crippen LogP contribution in [-0.2, 0) is 40.2 Å². The zero-order chi connectivity index (χ0) is 31.7. The Hall–Kier alpha value is -2.94. The molecule has 0 radical (unpaired) electrons. The van der Waals surface area contributed by atoms with Gasteiger partial charge in [0, 0.05) is 11.6 Å². The van der Waals surface area contributed by atoms with E-state index < -0.39 is 85.8 Å². The molecule has 2 aliphatic heterocycles. The molecule has 1 unspecified atom stereocenters. The summed E-state index contributed by atoms with van der Waals surface area (Å²) in [6, 6.07) is 10.8. The number of nitrogens with one attached hydrogen (secondary N) is 1. The van der Waals surface area contributed by atoms with E-state index in [-0.39, 0.29) is 5.75 Å². The Bertz CT molecular complexity index is 1470. The largest absolute Gasteiger partial charge is 0.462 e. The van der Waals surface area contributed by atoms with E-state index in [1.807, 2.05) is 0 Å². The quantitative estimate of drug-likeness (QED) is 0.160. The smallest absolute Gasteiger partial charge is 0.323 e. The number of Topliss-reactive ketones (excluding diaryl/α,β-unsaturated/α-hetero) is 1. The van der Waals surface area contributed by atoms with E-state index in [2.05, 4.69) is 5.09 Å². The molecular formula is C27H29F4N2O8PS. The lowest BCUT2D eigenvalue weighted by Gasteiger charge is -2.34. The number of ether oxygens (including phenoxy) is 2. The van der Waals surface area contributed by atoms with Crippen LogP contribution in [0, 0.1) is 0 Å². The van der Waals surface area contributed by atoms with Crippen molar-refractivity contribution in [1.29, 1.82) is 0 Å². The molecule has 234 valence electrons. The molecule has 1 saturated heterocycles. The number of hydrogen-bond donors (Lipinski definition) is 2. The molecule has 2 aromatic carbocycles. The third kappa shape index (κ3) is 6.92. The topological polar surface area (TPSA) is 124 Å². The molecule has 6 atom stereocenters. The SMILES string of the molecule is CC(C)OC(=O)[C@H](C)NP(=S)(OC[C@@]1(C(F)F)O[C@@H](N2C=C(F)C(=O)CC2=O)[C@H](O)[C@H]1F)Oc1cccc2ccccc12. The minimum atomic E-state index is -4.04. The van der Waals surface area contributed by atoms with Crippen LogP contribution < -0.4 is 9.61 Å². The van der Waals surface area contributed by atoms with E-state index in [1.54, 1.807) is 50.2 Å². The van der Waals surface area contributed by atoms with Crippen LogP contribution >= 0.6 is 6.64 Å². The number of carbonyl (C=O) groups is 3. The Morgan fingerprint density at radius 2 is 1.88 bits per heavy atom. The Morgan fingerprint density at radius 1 is 1.21 bits per heavy atom. The average molecular weight is 649 g/mol. The maximum absolute atomic E-state index is 15.5. The van der Waals surface area contributed by atoms with Crippen LogP contribution in [0.4, 0.5) is 17.6 Å². The van der Waals surface area contributed by atoms with Crippen molar-refractivity contribution in [3.8, 4) is 5.75 Å². The average Bonchev–Trinajstić information content (AvgIpc) is 3.20. The molecular weight excluding hydrogens is 619 g/mol. The van der Waals surface area contributed by atoms with Crippen molar-refractivity contribution in [2.24, 2.45) is 0 Å². The molecule has 0 aromatic heterocycles. The lowest BCUT2D eigenvalue weighted by atomic mass is 9.98. The number of alkyl halides is 3. The van der Waals surface area contributed by atoms with Crippen LogP contribution in [0.2, 0.25) is 0 Å². The molecule has 0 bridgehead atoms. The number of amides is 1. The molecule has 0 aliphatic carbocycles. The van der Waals surface area contributed by atoms with Crippen molar-refractivity contribution in [2.45, 2.75) is 69.9 Å². The molecule has 2 heterocycles. The van der Waals surface area contributed by atoms with Crippen LogP contribution in [0.15, 0.2) is 54.5 Å². The normalized spacial score (nSPS) is 26.5. The fraction of sp³-hybridized carbons (Fsp3) is 0.444. The molecule has 16 heteroatoms. The summed E-state index contributed by atoms with van der Waals surface area (Å²) in [5.41, 5.74) is -3.22. The Labute approximate surface area is 249 Å². The molecule has 2 N–H and O–H groups in total. The zero-order valence-corrected chi connectivity index (χ0v) is 24.8. The molecule has 10 nitrogen and oxygen atoms in total. The third-order valence-corrected chi connectivity index (χ3v) is 9.11. The second-order valence-corrected chi connectivity index (χ2v) is 13.3. The van der Waals surface area contributed by atoms with Crippen molar-refractivity contribution in [3.63, 3.8) is 0 Å². The summed E-state index contributed by atoms with van der Waals surface area (Å²) in [5.74, 6) is -4.27. The molecule has 0 saturated carbocycles. The van der Waals surface area contributed by atoms with Crippen LogP contribution in [0.3, 0.4) is 0 Å². The molecule has 2 aliphatic rings. The number of carbonyl (C=O) groups excluding carboxylic acids is 3. The molecule has 43 heavy (non-hydrogen) atoms. The number of allylic oxidation sites excluding steroid dienone is 1. The number of benzene rings is 2. The standard InChI is InChI=1S/C27H29F4N2O8PS/c1-14(2)39-25(37)15(3)32-42(43,41-20-10-6-8-16-7-4-5-9-17(16)20)38-13-27(26(30)31)23(29)22(36)24(40-27)33-12-18(28)19(34)11-21(33)35/h4-10,12,14-15,22-24,26,36H,11,13H2,1-3H3,(H,32,43)/t15-,22+,23+,24+,27+,42?/m0/s1. The number of nitrogens with zero attached hydrogens (tertiary/aromatic N) is 1. The van der Waals surface area contributed by atoms with Crippen LogP contribution in [0.25, 0.3) is 10.8 Å². The molecule has 4 rings (SSSR count). The number of aliphatic hydroxyl groups excluding tert-OH is 1. The van der Waals surface area contributed by atoms with Gasteiger partial charge >= 0.3 is 12.6 Å². The number of fused-ring (bicyclic) bond motifs is 1. The van der Waals surface area contributed by atoms with Crippen molar-refractivity contribution in [2.75, 3.05) is 6.61 Å². The van der Waals surface area contributed by atoms with E-state index in [1.165, 1.54) is 13.0 Å². The Balaban J connectivity index is 1.66. The van der Waals surface area contributed by atoms with E-state index in [9.17, 15) is 32.7 Å². The van der Waals surface area contributed by atoms with E-state index >= 15 is 4.39 Å². The van der Waals surface area contributed by atoms with Crippen LogP contribution in [-0.4, -0.2) is 76.9 Å². The summed E-state index contributed by atoms with van der Waals surface area (Å²) in [7, 11) is 0. The van der Waals surface area contributed by atoms with E-state index in [4.69, 9.17) is 30.3 Å². The summed E-state index contributed by atoms with van der Waals surface area (Å²) >= 11 is 5.60. The number of hydrogen-bond acceptors (Lipinski definition) is 9. The van der Waals surface area contributed by atoms with Gasteiger partial charge in [0.25, 0.3) is 6.43 Å². The second-order valence-electron chi connectivity index (χ2n) is 10.2. The van der Waals surface area contributed by atoms with Gasteiger partial charge in [-0.15, -0.1) is 0 Å². The first-order valence-electron chi connectivity index (χ1n) is 13.1. The summed E-state index contributed by atoms with van der Waals surface area (Å²) in [4.78, 5) is 36.8. The molecule has 0 spiro atoms.